The number of aliphatic imine (C=N–C) groups is 1. The van der Waals surface area contributed by atoms with Crippen molar-refractivity contribution in [2.24, 2.45) is 4.99 Å². The molecule has 0 atom stereocenters. The van der Waals surface area contributed by atoms with Crippen molar-refractivity contribution in [3.8, 4) is 11.5 Å². The second-order valence-electron chi connectivity index (χ2n) is 7.53. The Morgan fingerprint density at radius 1 is 1.06 bits per heavy atom. The van der Waals surface area contributed by atoms with Gasteiger partial charge in [-0.25, -0.2) is 9.97 Å². The average molecular weight is 567 g/mol. The molecule has 0 unspecified atom stereocenters. The number of hydrogen-bond acceptors (Lipinski definition) is 7. The second-order valence-corrected chi connectivity index (χ2v) is 7.53. The first kappa shape index (κ1) is 24.8. The molecule has 4 rings (SSSR count). The molecule has 3 heterocycles. The van der Waals surface area contributed by atoms with Crippen LogP contribution in [0.2, 0.25) is 0 Å². The quantitative estimate of drug-likeness (QED) is 0.293. The van der Waals surface area contributed by atoms with Gasteiger partial charge in [-0.1, -0.05) is 6.07 Å². The largest absolute Gasteiger partial charge is 0.454 e. The van der Waals surface area contributed by atoms with Crippen molar-refractivity contribution in [3.63, 3.8) is 0 Å². The van der Waals surface area contributed by atoms with Gasteiger partial charge in [0.15, 0.2) is 17.5 Å². The highest BCUT2D eigenvalue weighted by atomic mass is 127. The third-order valence-electron chi connectivity index (χ3n) is 5.47. The van der Waals surface area contributed by atoms with Crippen LogP contribution in [0.5, 0.6) is 11.5 Å². The molecule has 2 aliphatic rings. The minimum Gasteiger partial charge on any atom is -0.454 e. The molecule has 33 heavy (non-hydrogen) atoms. The minimum absolute atomic E-state index is 0. The van der Waals surface area contributed by atoms with Crippen LogP contribution in [0, 0.1) is 0 Å². The number of fused-ring (bicyclic) bond motifs is 1. The Morgan fingerprint density at radius 2 is 1.79 bits per heavy atom. The number of benzene rings is 1. The van der Waals surface area contributed by atoms with Gasteiger partial charge < -0.3 is 29.9 Å². The smallest absolute Gasteiger partial charge is 0.231 e. The number of piperazine rings is 1. The number of aromatic nitrogens is 2. The third kappa shape index (κ3) is 6.83. The van der Waals surface area contributed by atoms with Gasteiger partial charge >= 0.3 is 0 Å². The highest BCUT2D eigenvalue weighted by Gasteiger charge is 2.22. The van der Waals surface area contributed by atoms with E-state index in [4.69, 9.17) is 9.47 Å². The molecule has 1 amide bonds. The van der Waals surface area contributed by atoms with E-state index in [1.54, 1.807) is 25.5 Å². The molecule has 178 valence electrons. The fraction of sp³-hybridized carbons (Fsp3) is 0.455. The summed E-state index contributed by atoms with van der Waals surface area (Å²) in [5, 5.41) is 6.50. The van der Waals surface area contributed by atoms with Crippen LogP contribution in [0.3, 0.4) is 0 Å². The minimum atomic E-state index is 0. The Bertz CT molecular complexity index is 937. The van der Waals surface area contributed by atoms with E-state index >= 15 is 0 Å². The second kappa shape index (κ2) is 12.4. The monoisotopic (exact) mass is 567 g/mol. The number of amides is 1. The number of nitrogens with one attached hydrogen (secondary N) is 2. The average Bonchev–Trinajstić information content (AvgIpc) is 3.31. The molecule has 0 bridgehead atoms. The Kier molecular flexibility index (Phi) is 9.34. The molecule has 11 heteroatoms. The first-order valence-electron chi connectivity index (χ1n) is 10.9. The van der Waals surface area contributed by atoms with Crippen LogP contribution in [0.15, 0.2) is 41.7 Å². The topological polar surface area (TPSA) is 104 Å². The number of halogens is 1. The first-order chi connectivity index (χ1) is 15.7. The molecule has 0 saturated carbocycles. The Hall–Kier alpha value is -2.83. The Balaban J connectivity index is 0.00000306. The van der Waals surface area contributed by atoms with E-state index in [1.165, 1.54) is 0 Å². The summed E-state index contributed by atoms with van der Waals surface area (Å²) in [6, 6.07) is 7.77. The third-order valence-corrected chi connectivity index (χ3v) is 5.47. The van der Waals surface area contributed by atoms with Crippen LogP contribution in [0.1, 0.15) is 12.0 Å². The zero-order valence-corrected chi connectivity index (χ0v) is 21.0. The summed E-state index contributed by atoms with van der Waals surface area (Å²) >= 11 is 0. The van der Waals surface area contributed by atoms with E-state index in [-0.39, 0.29) is 36.7 Å². The van der Waals surface area contributed by atoms with Gasteiger partial charge in [-0.15, -0.1) is 24.0 Å². The Labute approximate surface area is 210 Å². The number of nitrogens with zero attached hydrogens (tertiary/aromatic N) is 5. The maximum absolute atomic E-state index is 12.6. The van der Waals surface area contributed by atoms with E-state index in [2.05, 4.69) is 30.5 Å². The van der Waals surface area contributed by atoms with Gasteiger partial charge in [0.2, 0.25) is 18.6 Å². The van der Waals surface area contributed by atoms with Gasteiger partial charge in [-0.3, -0.25) is 9.79 Å². The van der Waals surface area contributed by atoms with E-state index in [0.717, 1.165) is 49.1 Å². The lowest BCUT2D eigenvalue weighted by molar-refractivity contribution is -0.131. The molecule has 0 radical (unpaired) electrons. The highest BCUT2D eigenvalue weighted by Crippen LogP contribution is 2.32. The molecule has 0 aliphatic carbocycles. The predicted molar refractivity (Wildman–Crippen MR) is 136 cm³/mol. The maximum Gasteiger partial charge on any atom is 0.231 e. The van der Waals surface area contributed by atoms with Crippen molar-refractivity contribution in [3.05, 3.63) is 42.2 Å². The van der Waals surface area contributed by atoms with Crippen LogP contribution in [-0.2, 0) is 11.2 Å². The standard InChI is InChI=1S/C22H29N7O3.HI/c1-23-21(24-9-5-17-3-4-18-19(15-17)32-16-31-18)25-10-6-20(30)28-11-13-29(14-12-28)22-26-7-2-8-27-22;/h2-4,7-8,15H,5-6,9-14,16H2,1H3,(H2,23,24,25);1H. The van der Waals surface area contributed by atoms with Crippen molar-refractivity contribution < 1.29 is 14.3 Å². The van der Waals surface area contributed by atoms with Crippen molar-refractivity contribution in [1.29, 1.82) is 0 Å². The van der Waals surface area contributed by atoms with Gasteiger partial charge in [0.05, 0.1) is 0 Å². The maximum atomic E-state index is 12.6. The normalized spacial score (nSPS) is 15.1. The summed E-state index contributed by atoms with van der Waals surface area (Å²) in [7, 11) is 1.72. The fourth-order valence-electron chi connectivity index (χ4n) is 3.70. The van der Waals surface area contributed by atoms with Gasteiger partial charge in [0.1, 0.15) is 0 Å². The van der Waals surface area contributed by atoms with Crippen LogP contribution in [0.4, 0.5) is 5.95 Å². The van der Waals surface area contributed by atoms with E-state index in [9.17, 15) is 4.79 Å². The van der Waals surface area contributed by atoms with E-state index < -0.39 is 0 Å². The number of carbonyl (C=O) groups excluding carboxylic acids is 1. The molecule has 2 aliphatic heterocycles. The molecule has 1 aromatic carbocycles. The molecular weight excluding hydrogens is 537 g/mol. The SMILES string of the molecule is CN=C(NCCC(=O)N1CCN(c2ncccn2)CC1)NCCc1ccc2c(c1)OCO2.I. The number of hydrogen-bond donors (Lipinski definition) is 2. The molecule has 2 aromatic rings. The number of rotatable bonds is 7. The van der Waals surface area contributed by atoms with Crippen molar-refractivity contribution in [2.45, 2.75) is 12.8 Å². The zero-order chi connectivity index (χ0) is 22.2. The molecule has 1 fully saturated rings. The number of ether oxygens (including phenoxy) is 2. The molecule has 10 nitrogen and oxygen atoms in total. The summed E-state index contributed by atoms with van der Waals surface area (Å²) in [5.74, 6) is 3.13. The van der Waals surface area contributed by atoms with Gasteiger partial charge in [-0.2, -0.15) is 0 Å². The highest BCUT2D eigenvalue weighted by molar-refractivity contribution is 14.0. The summed E-state index contributed by atoms with van der Waals surface area (Å²) in [5.41, 5.74) is 1.16. The number of guanidine groups is 1. The van der Waals surface area contributed by atoms with Gasteiger partial charge in [0.25, 0.3) is 0 Å². The summed E-state index contributed by atoms with van der Waals surface area (Å²) in [6.45, 7) is 4.38. The molecule has 0 spiro atoms. The van der Waals surface area contributed by atoms with Crippen LogP contribution in [0.25, 0.3) is 0 Å². The lowest BCUT2D eigenvalue weighted by Gasteiger charge is -2.34. The van der Waals surface area contributed by atoms with Gasteiger partial charge in [0, 0.05) is 65.1 Å². The van der Waals surface area contributed by atoms with Crippen LogP contribution in [-0.4, -0.2) is 79.8 Å². The number of anilines is 1. The predicted octanol–water partition coefficient (Wildman–Crippen LogP) is 1.27. The number of carbonyl (C=O) groups is 1. The van der Waals surface area contributed by atoms with E-state index in [1.807, 2.05) is 23.1 Å². The van der Waals surface area contributed by atoms with Gasteiger partial charge in [-0.05, 0) is 30.2 Å². The van der Waals surface area contributed by atoms with E-state index in [0.29, 0.717) is 32.0 Å². The molecular formula is C22H30IN7O3. The lowest BCUT2D eigenvalue weighted by atomic mass is 10.1. The van der Waals surface area contributed by atoms with Crippen molar-refractivity contribution in [2.75, 3.05) is 58.0 Å². The molecule has 2 N–H and O–H groups in total. The molecule has 1 saturated heterocycles. The molecule has 1 aromatic heterocycles. The zero-order valence-electron chi connectivity index (χ0n) is 18.7. The fourth-order valence-corrected chi connectivity index (χ4v) is 3.70. The lowest BCUT2D eigenvalue weighted by Crippen LogP contribution is -2.50. The summed E-state index contributed by atoms with van der Waals surface area (Å²) in [6.07, 6.45) is 4.72. The van der Waals surface area contributed by atoms with Crippen LogP contribution < -0.4 is 25.0 Å². The Morgan fingerprint density at radius 3 is 2.55 bits per heavy atom. The summed E-state index contributed by atoms with van der Waals surface area (Å²) < 4.78 is 10.8. The summed E-state index contributed by atoms with van der Waals surface area (Å²) in [4.78, 5) is 29.4. The first-order valence-corrected chi connectivity index (χ1v) is 10.9. The van der Waals surface area contributed by atoms with Crippen molar-refractivity contribution >= 4 is 41.8 Å². The van der Waals surface area contributed by atoms with Crippen LogP contribution >= 0.6 is 24.0 Å². The van der Waals surface area contributed by atoms with Crippen molar-refractivity contribution in [1.82, 2.24) is 25.5 Å².